The molecule has 0 aromatic rings. The third-order valence-corrected chi connectivity index (χ3v) is 5.83. The van der Waals surface area contributed by atoms with Crippen molar-refractivity contribution in [2.75, 3.05) is 211 Å². The van der Waals surface area contributed by atoms with Crippen molar-refractivity contribution in [3.8, 4) is 0 Å². The third kappa shape index (κ3) is 46.7. The number of aliphatic hydroxyl groups excluding tert-OH is 2. The topological polar surface area (TPSA) is 205 Å². The van der Waals surface area contributed by atoms with Crippen LogP contribution in [0.25, 0.3) is 0 Å². The minimum Gasteiger partial charge on any atom is -0.432 e. The monoisotopic (exact) mass is 766 g/mol. The fourth-order valence-corrected chi connectivity index (χ4v) is 3.38. The molecule has 0 fully saturated rings. The van der Waals surface area contributed by atoms with Gasteiger partial charge in [-0.3, -0.25) is 0 Å². The summed E-state index contributed by atoms with van der Waals surface area (Å²) in [4.78, 5) is 11.6. The van der Waals surface area contributed by atoms with Crippen molar-refractivity contribution in [1.82, 2.24) is 0 Å². The van der Waals surface area contributed by atoms with Crippen molar-refractivity contribution in [1.29, 1.82) is 0 Å². The van der Waals surface area contributed by atoms with Crippen molar-refractivity contribution in [2.24, 2.45) is 0 Å². The molecular formula is C33H66O19. The highest BCUT2D eigenvalue weighted by Crippen LogP contribution is 1.90. The molecule has 0 unspecified atom stereocenters. The zero-order valence-corrected chi connectivity index (χ0v) is 31.0. The Hall–Kier alpha value is -1.37. The van der Waals surface area contributed by atoms with E-state index in [0.29, 0.717) is 172 Å². The summed E-state index contributed by atoms with van der Waals surface area (Å²) in [5, 5.41) is 17.2. The van der Waals surface area contributed by atoms with Crippen LogP contribution in [-0.2, 0) is 75.8 Å². The summed E-state index contributed by atoms with van der Waals surface area (Å²) in [5.74, 6) is 0. The second-order valence-corrected chi connectivity index (χ2v) is 9.97. The van der Waals surface area contributed by atoms with Crippen LogP contribution in [0.5, 0.6) is 0 Å². The van der Waals surface area contributed by atoms with Gasteiger partial charge in [0.25, 0.3) is 0 Å². The maximum atomic E-state index is 11.6. The van der Waals surface area contributed by atoms with E-state index >= 15 is 0 Å². The molecule has 0 spiro atoms. The Morgan fingerprint density at radius 1 is 0.231 bits per heavy atom. The molecule has 312 valence electrons. The molecule has 0 aliphatic heterocycles. The molecule has 0 aromatic heterocycles. The average Bonchev–Trinajstić information content (AvgIpc) is 3.15. The molecule has 0 saturated heterocycles. The summed E-state index contributed by atoms with van der Waals surface area (Å²) in [7, 11) is 0. The Kier molecular flexibility index (Phi) is 46.4. The van der Waals surface area contributed by atoms with E-state index in [9.17, 15) is 4.79 Å². The second kappa shape index (κ2) is 47.7. The van der Waals surface area contributed by atoms with Gasteiger partial charge < -0.3 is 86.0 Å². The van der Waals surface area contributed by atoms with E-state index in [1.165, 1.54) is 0 Å². The minimum atomic E-state index is -0.785. The fraction of sp³-hybridized carbons (Fsp3) is 0.970. The van der Waals surface area contributed by atoms with Gasteiger partial charge in [0.2, 0.25) is 0 Å². The molecule has 19 heteroatoms. The van der Waals surface area contributed by atoms with Gasteiger partial charge in [0.15, 0.2) is 0 Å². The molecule has 0 bridgehead atoms. The third-order valence-electron chi connectivity index (χ3n) is 5.83. The number of hydrogen-bond donors (Lipinski definition) is 2. The zero-order chi connectivity index (χ0) is 37.5. The molecular weight excluding hydrogens is 700 g/mol. The molecule has 0 amide bonds. The highest BCUT2D eigenvalue weighted by atomic mass is 16.7. The molecule has 0 rings (SSSR count). The van der Waals surface area contributed by atoms with E-state index < -0.39 is 6.16 Å². The van der Waals surface area contributed by atoms with Crippen LogP contribution < -0.4 is 0 Å². The molecule has 0 atom stereocenters. The number of aliphatic hydroxyl groups is 2. The normalized spacial score (nSPS) is 11.4. The van der Waals surface area contributed by atoms with Crippen LogP contribution in [0.4, 0.5) is 4.79 Å². The summed E-state index contributed by atoms with van der Waals surface area (Å²) in [6, 6.07) is 0. The van der Waals surface area contributed by atoms with E-state index in [0.717, 1.165) is 0 Å². The lowest BCUT2D eigenvalue weighted by Gasteiger charge is -2.09. The Bertz CT molecular complexity index is 615. The number of rotatable bonds is 46. The largest absolute Gasteiger partial charge is 0.508 e. The molecule has 0 aromatic carbocycles. The van der Waals surface area contributed by atoms with Gasteiger partial charge in [0.05, 0.1) is 198 Å². The molecule has 0 radical (unpaired) electrons. The van der Waals surface area contributed by atoms with Crippen molar-refractivity contribution in [2.45, 2.75) is 0 Å². The van der Waals surface area contributed by atoms with E-state index in [-0.39, 0.29) is 39.6 Å². The van der Waals surface area contributed by atoms with Crippen LogP contribution >= 0.6 is 0 Å². The van der Waals surface area contributed by atoms with Crippen LogP contribution in [0.1, 0.15) is 0 Å². The van der Waals surface area contributed by atoms with Crippen molar-refractivity contribution >= 4 is 6.16 Å². The number of ether oxygens (including phenoxy) is 16. The summed E-state index contributed by atoms with van der Waals surface area (Å²) in [5.41, 5.74) is 0. The maximum Gasteiger partial charge on any atom is 0.508 e. The number of carbonyl (C=O) groups is 1. The summed E-state index contributed by atoms with van der Waals surface area (Å²) < 4.78 is 84.6. The molecule has 2 N–H and O–H groups in total. The van der Waals surface area contributed by atoms with Gasteiger partial charge in [0.1, 0.15) is 13.2 Å². The van der Waals surface area contributed by atoms with E-state index in [4.69, 9.17) is 86.0 Å². The predicted octanol–water partition coefficient (Wildman–Crippen LogP) is -0.643. The second-order valence-electron chi connectivity index (χ2n) is 9.97. The molecule has 52 heavy (non-hydrogen) atoms. The Morgan fingerprint density at radius 2 is 0.365 bits per heavy atom. The molecule has 0 saturated carbocycles. The van der Waals surface area contributed by atoms with Gasteiger partial charge in [-0.1, -0.05) is 0 Å². The first-order valence-corrected chi connectivity index (χ1v) is 17.9. The van der Waals surface area contributed by atoms with Gasteiger partial charge in [-0.25, -0.2) is 4.79 Å². The fourth-order valence-electron chi connectivity index (χ4n) is 3.38. The highest BCUT2D eigenvalue weighted by molar-refractivity contribution is 5.59. The van der Waals surface area contributed by atoms with Crippen molar-refractivity contribution in [3.63, 3.8) is 0 Å². The lowest BCUT2D eigenvalue weighted by atomic mass is 10.6. The predicted molar refractivity (Wildman–Crippen MR) is 183 cm³/mol. The van der Waals surface area contributed by atoms with Crippen molar-refractivity contribution in [3.05, 3.63) is 0 Å². The molecule has 0 heterocycles. The average molecular weight is 767 g/mol. The van der Waals surface area contributed by atoms with Crippen LogP contribution in [-0.4, -0.2) is 228 Å². The first-order valence-electron chi connectivity index (χ1n) is 17.9. The highest BCUT2D eigenvalue weighted by Gasteiger charge is 2.03. The number of carbonyl (C=O) groups excluding carboxylic acids is 1. The minimum absolute atomic E-state index is 0.0119. The first-order chi connectivity index (χ1) is 25.8. The lowest BCUT2D eigenvalue weighted by Crippen LogP contribution is -2.17. The molecule has 0 aliphatic carbocycles. The quantitative estimate of drug-likeness (QED) is 0.0584. The van der Waals surface area contributed by atoms with E-state index in [1.54, 1.807) is 0 Å². The van der Waals surface area contributed by atoms with Gasteiger partial charge in [0, 0.05) is 0 Å². The van der Waals surface area contributed by atoms with Crippen LogP contribution in [0.3, 0.4) is 0 Å². The zero-order valence-electron chi connectivity index (χ0n) is 31.0. The molecule has 0 aliphatic rings. The first kappa shape index (κ1) is 50.6. The van der Waals surface area contributed by atoms with Gasteiger partial charge in [-0.05, 0) is 0 Å². The smallest absolute Gasteiger partial charge is 0.432 e. The number of hydrogen-bond acceptors (Lipinski definition) is 19. The molecule has 19 nitrogen and oxygen atoms in total. The summed E-state index contributed by atoms with van der Waals surface area (Å²) in [6.07, 6.45) is -0.785. The Balaban J connectivity index is 3.14. The lowest BCUT2D eigenvalue weighted by molar-refractivity contribution is -0.0267. The van der Waals surface area contributed by atoms with Gasteiger partial charge in [-0.2, -0.15) is 0 Å². The SMILES string of the molecule is O=C(OCCOCCOCCOCCOCCOCCOCCOCCO)OCCOCCOCCOCCOCCOCCOCCOCCO. The standard InChI is InChI=1S/C33H66O19/c34-1-3-37-5-7-39-9-11-41-13-15-43-17-19-45-21-23-47-25-27-49-29-31-51-33(36)52-32-30-50-28-26-48-24-22-46-20-18-44-16-14-42-12-10-40-8-6-38-4-2-35/h34-35H,1-32H2. The van der Waals surface area contributed by atoms with Crippen LogP contribution in [0.2, 0.25) is 0 Å². The summed E-state index contributed by atoms with van der Waals surface area (Å²) >= 11 is 0. The Labute approximate surface area is 308 Å². The Morgan fingerprint density at radius 3 is 0.519 bits per heavy atom. The van der Waals surface area contributed by atoms with E-state index in [1.807, 2.05) is 0 Å². The van der Waals surface area contributed by atoms with Crippen LogP contribution in [0.15, 0.2) is 0 Å². The summed E-state index contributed by atoms with van der Waals surface area (Å²) in [6.45, 7) is 12.1. The van der Waals surface area contributed by atoms with Gasteiger partial charge >= 0.3 is 6.16 Å². The van der Waals surface area contributed by atoms with Gasteiger partial charge in [-0.15, -0.1) is 0 Å². The van der Waals surface area contributed by atoms with E-state index in [2.05, 4.69) is 0 Å². The van der Waals surface area contributed by atoms with Crippen molar-refractivity contribution < 1.29 is 90.8 Å². The van der Waals surface area contributed by atoms with Crippen LogP contribution in [0, 0.1) is 0 Å². The maximum absolute atomic E-state index is 11.6.